The number of aliphatic hydroxyl groups excluding tert-OH is 1. The molecule has 0 fully saturated rings. The lowest BCUT2D eigenvalue weighted by atomic mass is 10.00. The van der Waals surface area contributed by atoms with E-state index in [9.17, 15) is 5.11 Å². The van der Waals surface area contributed by atoms with Gasteiger partial charge in [-0.2, -0.15) is 0 Å². The minimum atomic E-state index is -0.663. The van der Waals surface area contributed by atoms with Crippen molar-refractivity contribution in [3.8, 4) is 0 Å². The van der Waals surface area contributed by atoms with Crippen molar-refractivity contribution in [2.75, 3.05) is 0 Å². The van der Waals surface area contributed by atoms with Gasteiger partial charge in [0.25, 0.3) is 0 Å². The first-order valence-electron chi connectivity index (χ1n) is 5.66. The van der Waals surface area contributed by atoms with E-state index in [-0.39, 0.29) is 0 Å². The van der Waals surface area contributed by atoms with Gasteiger partial charge in [-0.25, -0.2) is 0 Å². The largest absolute Gasteiger partial charge is 0.383 e. The fourth-order valence-corrected chi connectivity index (χ4v) is 3.29. The fraction of sp³-hybridized carbons (Fsp3) is 0.0667. The highest BCUT2D eigenvalue weighted by Gasteiger charge is 2.17. The molecule has 1 nitrogen and oxygen atoms in total. The van der Waals surface area contributed by atoms with E-state index >= 15 is 0 Å². The monoisotopic (exact) mass is 274 g/mol. The predicted molar refractivity (Wildman–Crippen MR) is 77.3 cm³/mol. The molecule has 18 heavy (non-hydrogen) atoms. The van der Waals surface area contributed by atoms with Crippen molar-refractivity contribution in [2.45, 2.75) is 6.10 Å². The first kappa shape index (κ1) is 11.7. The number of hydrogen-bond acceptors (Lipinski definition) is 2. The molecule has 3 rings (SSSR count). The SMILES string of the molecule is OC(c1sccc1Cl)c1cccc2ccccc12. The summed E-state index contributed by atoms with van der Waals surface area (Å²) >= 11 is 7.57. The molecular weight excluding hydrogens is 264 g/mol. The summed E-state index contributed by atoms with van der Waals surface area (Å²) in [5, 5.41) is 15.2. The van der Waals surface area contributed by atoms with Crippen molar-refractivity contribution in [2.24, 2.45) is 0 Å². The molecule has 0 aliphatic heterocycles. The van der Waals surface area contributed by atoms with Crippen LogP contribution in [0.4, 0.5) is 0 Å². The third-order valence-electron chi connectivity index (χ3n) is 3.01. The van der Waals surface area contributed by atoms with E-state index in [1.165, 1.54) is 11.3 Å². The fourth-order valence-electron chi connectivity index (χ4n) is 2.13. The number of aliphatic hydroxyl groups is 1. The van der Waals surface area contributed by atoms with Crippen LogP contribution in [0.1, 0.15) is 16.5 Å². The molecule has 90 valence electrons. The smallest absolute Gasteiger partial charge is 0.115 e. The molecule has 1 unspecified atom stereocenters. The molecule has 1 atom stereocenters. The van der Waals surface area contributed by atoms with Crippen LogP contribution < -0.4 is 0 Å². The second-order valence-corrected chi connectivity index (χ2v) is 5.46. The van der Waals surface area contributed by atoms with E-state index in [0.29, 0.717) is 5.02 Å². The number of halogens is 1. The van der Waals surface area contributed by atoms with E-state index in [1.54, 1.807) is 0 Å². The highest BCUT2D eigenvalue weighted by atomic mass is 35.5. The molecule has 0 bridgehead atoms. The quantitative estimate of drug-likeness (QED) is 0.722. The van der Waals surface area contributed by atoms with Crippen LogP contribution in [0.5, 0.6) is 0 Å². The predicted octanol–water partition coefficient (Wildman–Crippen LogP) is 4.64. The van der Waals surface area contributed by atoms with Crippen LogP contribution in [0, 0.1) is 0 Å². The minimum absolute atomic E-state index is 0.625. The van der Waals surface area contributed by atoms with Gasteiger partial charge in [0.15, 0.2) is 0 Å². The Morgan fingerprint density at radius 2 is 1.78 bits per heavy atom. The van der Waals surface area contributed by atoms with Gasteiger partial charge < -0.3 is 5.11 Å². The number of rotatable bonds is 2. The normalized spacial score (nSPS) is 12.8. The van der Waals surface area contributed by atoms with Gasteiger partial charge in [0, 0.05) is 0 Å². The summed E-state index contributed by atoms with van der Waals surface area (Å²) in [6, 6.07) is 15.8. The molecular formula is C15H11ClOS. The maximum absolute atomic E-state index is 10.5. The Morgan fingerprint density at radius 3 is 2.56 bits per heavy atom. The highest BCUT2D eigenvalue weighted by Crippen LogP contribution is 2.35. The minimum Gasteiger partial charge on any atom is -0.383 e. The van der Waals surface area contributed by atoms with Gasteiger partial charge >= 0.3 is 0 Å². The van der Waals surface area contributed by atoms with Gasteiger partial charge in [-0.1, -0.05) is 54.1 Å². The standard InChI is InChI=1S/C15H11ClOS/c16-13-8-9-18-15(13)14(17)12-7-3-5-10-4-1-2-6-11(10)12/h1-9,14,17H. The molecule has 0 saturated heterocycles. The van der Waals surface area contributed by atoms with Gasteiger partial charge in [0.05, 0.1) is 9.90 Å². The molecule has 2 aromatic carbocycles. The molecule has 0 radical (unpaired) electrons. The Balaban J connectivity index is 2.18. The third kappa shape index (κ3) is 1.93. The first-order valence-corrected chi connectivity index (χ1v) is 6.92. The second-order valence-electron chi connectivity index (χ2n) is 4.10. The zero-order valence-electron chi connectivity index (χ0n) is 9.51. The lowest BCUT2D eigenvalue weighted by Crippen LogP contribution is -1.98. The molecule has 0 saturated carbocycles. The Kier molecular flexibility index (Phi) is 3.08. The van der Waals surface area contributed by atoms with Gasteiger partial charge in [0.2, 0.25) is 0 Å². The van der Waals surface area contributed by atoms with E-state index in [1.807, 2.05) is 53.9 Å². The summed E-state index contributed by atoms with van der Waals surface area (Å²) in [6.07, 6.45) is -0.663. The van der Waals surface area contributed by atoms with Gasteiger partial charge in [0.1, 0.15) is 6.10 Å². The number of fused-ring (bicyclic) bond motifs is 1. The summed E-state index contributed by atoms with van der Waals surface area (Å²) in [5.74, 6) is 0. The van der Waals surface area contributed by atoms with Crippen molar-refractivity contribution in [3.63, 3.8) is 0 Å². The number of thiophene rings is 1. The molecule has 1 heterocycles. The number of hydrogen-bond donors (Lipinski definition) is 1. The first-order chi connectivity index (χ1) is 8.77. The maximum atomic E-state index is 10.5. The third-order valence-corrected chi connectivity index (χ3v) is 4.42. The van der Waals surface area contributed by atoms with Gasteiger partial charge in [-0.3, -0.25) is 0 Å². The van der Waals surface area contributed by atoms with E-state index < -0.39 is 6.10 Å². The molecule has 1 N–H and O–H groups in total. The zero-order valence-corrected chi connectivity index (χ0v) is 11.1. The van der Waals surface area contributed by atoms with Crippen molar-refractivity contribution < 1.29 is 5.11 Å². The van der Waals surface area contributed by atoms with E-state index in [0.717, 1.165) is 21.2 Å². The van der Waals surface area contributed by atoms with Crippen LogP contribution in [-0.4, -0.2) is 5.11 Å². The van der Waals surface area contributed by atoms with Crippen LogP contribution in [0.25, 0.3) is 10.8 Å². The molecule has 0 aliphatic rings. The van der Waals surface area contributed by atoms with Gasteiger partial charge in [-0.05, 0) is 27.8 Å². The summed E-state index contributed by atoms with van der Waals surface area (Å²) in [7, 11) is 0. The maximum Gasteiger partial charge on any atom is 0.115 e. The van der Waals surface area contributed by atoms with Crippen LogP contribution in [-0.2, 0) is 0 Å². The van der Waals surface area contributed by atoms with Crippen LogP contribution in [0.3, 0.4) is 0 Å². The average Bonchev–Trinajstić information content (AvgIpc) is 2.83. The molecule has 0 amide bonds. The highest BCUT2D eigenvalue weighted by molar-refractivity contribution is 7.10. The second kappa shape index (κ2) is 4.73. The Hall–Kier alpha value is -1.35. The summed E-state index contributed by atoms with van der Waals surface area (Å²) in [4.78, 5) is 0.799. The molecule has 0 aliphatic carbocycles. The summed E-state index contributed by atoms with van der Waals surface area (Å²) in [6.45, 7) is 0. The molecule has 0 spiro atoms. The van der Waals surface area contributed by atoms with Crippen molar-refractivity contribution in [1.82, 2.24) is 0 Å². The van der Waals surface area contributed by atoms with E-state index in [4.69, 9.17) is 11.6 Å². The van der Waals surface area contributed by atoms with E-state index in [2.05, 4.69) is 0 Å². The summed E-state index contributed by atoms with van der Waals surface area (Å²) < 4.78 is 0. The molecule has 1 aromatic heterocycles. The Labute approximate surface area is 114 Å². The van der Waals surface area contributed by atoms with Crippen molar-refractivity contribution in [1.29, 1.82) is 0 Å². The van der Waals surface area contributed by atoms with Crippen LogP contribution in [0.15, 0.2) is 53.9 Å². The Morgan fingerprint density at radius 1 is 1.00 bits per heavy atom. The number of benzene rings is 2. The summed E-state index contributed by atoms with van der Waals surface area (Å²) in [5.41, 5.74) is 0.900. The topological polar surface area (TPSA) is 20.2 Å². The lowest BCUT2D eigenvalue weighted by Gasteiger charge is -2.13. The van der Waals surface area contributed by atoms with Crippen LogP contribution in [0.2, 0.25) is 5.02 Å². The van der Waals surface area contributed by atoms with Crippen molar-refractivity contribution >= 4 is 33.7 Å². The zero-order chi connectivity index (χ0) is 12.5. The molecule has 3 aromatic rings. The van der Waals surface area contributed by atoms with Crippen LogP contribution >= 0.6 is 22.9 Å². The van der Waals surface area contributed by atoms with Gasteiger partial charge in [-0.15, -0.1) is 11.3 Å². The Bertz CT molecular complexity index is 684. The van der Waals surface area contributed by atoms with Crippen molar-refractivity contribution in [3.05, 3.63) is 69.4 Å². The lowest BCUT2D eigenvalue weighted by molar-refractivity contribution is 0.226. The molecule has 3 heteroatoms. The average molecular weight is 275 g/mol.